The lowest BCUT2D eigenvalue weighted by atomic mass is 10.2. The number of rotatable bonds is 3. The van der Waals surface area contributed by atoms with Gasteiger partial charge in [0.25, 0.3) is 0 Å². The summed E-state index contributed by atoms with van der Waals surface area (Å²) in [4.78, 5) is 16.9. The Kier molecular flexibility index (Phi) is 3.67. The van der Waals surface area contributed by atoms with Crippen LogP contribution in [0, 0.1) is 20.8 Å². The van der Waals surface area contributed by atoms with E-state index in [1.807, 2.05) is 67.8 Å². The number of pyridine rings is 1. The molecule has 4 heteroatoms. The number of hydrogen-bond acceptors (Lipinski definition) is 2. The molecule has 0 radical (unpaired) electrons. The molecule has 1 aromatic carbocycles. The Labute approximate surface area is 129 Å². The fraction of sp³-hybridized carbons (Fsp3) is 0.222. The molecular weight excluding hydrogens is 274 g/mol. The minimum atomic E-state index is -0.0271. The minimum Gasteiger partial charge on any atom is -0.326 e. The Balaban J connectivity index is 1.87. The van der Waals surface area contributed by atoms with E-state index in [1.54, 1.807) is 0 Å². The van der Waals surface area contributed by atoms with Crippen LogP contribution in [-0.2, 0) is 11.2 Å². The lowest BCUT2D eigenvalue weighted by Gasteiger charge is -2.08. The minimum absolute atomic E-state index is 0.0271. The lowest BCUT2D eigenvalue weighted by Crippen LogP contribution is -2.16. The van der Waals surface area contributed by atoms with E-state index < -0.39 is 0 Å². The van der Waals surface area contributed by atoms with Gasteiger partial charge in [-0.1, -0.05) is 24.3 Å². The Morgan fingerprint density at radius 1 is 1.09 bits per heavy atom. The summed E-state index contributed by atoms with van der Waals surface area (Å²) in [5, 5.41) is 2.97. The highest BCUT2D eigenvalue weighted by molar-refractivity contribution is 5.93. The van der Waals surface area contributed by atoms with Crippen molar-refractivity contribution >= 4 is 17.2 Å². The maximum Gasteiger partial charge on any atom is 0.230 e. The number of imidazole rings is 1. The first-order chi connectivity index (χ1) is 10.6. The number of aromatic nitrogens is 2. The molecule has 3 rings (SSSR count). The van der Waals surface area contributed by atoms with Crippen LogP contribution in [0.3, 0.4) is 0 Å². The van der Waals surface area contributed by atoms with E-state index in [1.165, 1.54) is 0 Å². The van der Waals surface area contributed by atoms with Gasteiger partial charge in [-0.05, 0) is 44.0 Å². The molecule has 0 bridgehead atoms. The number of benzene rings is 1. The molecule has 0 aliphatic rings. The second-order valence-corrected chi connectivity index (χ2v) is 5.57. The van der Waals surface area contributed by atoms with Gasteiger partial charge < -0.3 is 9.72 Å². The number of para-hydroxylation sites is 1. The molecule has 0 spiro atoms. The number of anilines is 1. The number of amides is 1. The quantitative estimate of drug-likeness (QED) is 0.804. The zero-order chi connectivity index (χ0) is 15.7. The predicted molar refractivity (Wildman–Crippen MR) is 88.2 cm³/mol. The van der Waals surface area contributed by atoms with Gasteiger partial charge >= 0.3 is 0 Å². The highest BCUT2D eigenvalue weighted by Gasteiger charge is 2.14. The number of carbonyl (C=O) groups excluding carboxylic acids is 1. The Hall–Kier alpha value is -2.62. The summed E-state index contributed by atoms with van der Waals surface area (Å²) < 4.78 is 2.00. The van der Waals surface area contributed by atoms with Crippen LogP contribution in [0.2, 0.25) is 0 Å². The molecule has 0 saturated heterocycles. The van der Waals surface area contributed by atoms with Gasteiger partial charge in [0.05, 0.1) is 17.8 Å². The van der Waals surface area contributed by atoms with E-state index in [0.29, 0.717) is 6.42 Å². The summed E-state index contributed by atoms with van der Waals surface area (Å²) in [6.07, 6.45) is 2.27. The van der Waals surface area contributed by atoms with Crippen molar-refractivity contribution in [1.82, 2.24) is 9.38 Å². The van der Waals surface area contributed by atoms with Crippen LogP contribution >= 0.6 is 0 Å². The summed E-state index contributed by atoms with van der Waals surface area (Å²) in [5.74, 6) is -0.0271. The summed E-state index contributed by atoms with van der Waals surface area (Å²) in [6, 6.07) is 11.8. The van der Waals surface area contributed by atoms with Crippen molar-refractivity contribution < 1.29 is 4.79 Å². The maximum absolute atomic E-state index is 12.4. The van der Waals surface area contributed by atoms with E-state index in [9.17, 15) is 4.79 Å². The SMILES string of the molecule is Cc1ccccc1NC(=O)Cc1c(C)nc2c(C)cccn12. The molecule has 1 amide bonds. The molecule has 0 saturated carbocycles. The summed E-state index contributed by atoms with van der Waals surface area (Å²) in [5.41, 5.74) is 5.77. The fourth-order valence-electron chi connectivity index (χ4n) is 2.64. The molecule has 0 aliphatic carbocycles. The van der Waals surface area contributed by atoms with Crippen molar-refractivity contribution in [2.75, 3.05) is 5.32 Å². The smallest absolute Gasteiger partial charge is 0.230 e. The van der Waals surface area contributed by atoms with Crippen molar-refractivity contribution in [3.8, 4) is 0 Å². The van der Waals surface area contributed by atoms with Crippen molar-refractivity contribution in [3.63, 3.8) is 0 Å². The highest BCUT2D eigenvalue weighted by atomic mass is 16.1. The van der Waals surface area contributed by atoms with E-state index in [2.05, 4.69) is 10.3 Å². The van der Waals surface area contributed by atoms with Gasteiger partial charge in [-0.2, -0.15) is 0 Å². The third-order valence-corrected chi connectivity index (χ3v) is 3.89. The first kappa shape index (κ1) is 14.3. The Morgan fingerprint density at radius 2 is 1.82 bits per heavy atom. The molecule has 112 valence electrons. The molecule has 22 heavy (non-hydrogen) atoms. The van der Waals surface area contributed by atoms with Gasteiger partial charge in [-0.3, -0.25) is 4.79 Å². The third kappa shape index (κ3) is 2.60. The Morgan fingerprint density at radius 3 is 2.59 bits per heavy atom. The molecule has 0 unspecified atom stereocenters. The highest BCUT2D eigenvalue weighted by Crippen LogP contribution is 2.17. The zero-order valence-corrected chi connectivity index (χ0v) is 13.1. The number of aryl methyl sites for hydroxylation is 3. The third-order valence-electron chi connectivity index (χ3n) is 3.89. The van der Waals surface area contributed by atoms with Gasteiger partial charge in [0, 0.05) is 11.9 Å². The van der Waals surface area contributed by atoms with E-state index in [4.69, 9.17) is 0 Å². The predicted octanol–water partition coefficient (Wildman–Crippen LogP) is 3.44. The van der Waals surface area contributed by atoms with Crippen molar-refractivity contribution in [3.05, 3.63) is 65.1 Å². The standard InChI is InChI=1S/C18H19N3O/c1-12-7-4-5-9-15(12)20-17(22)11-16-14(3)19-18-13(2)8-6-10-21(16)18/h4-10H,11H2,1-3H3,(H,20,22). The lowest BCUT2D eigenvalue weighted by molar-refractivity contribution is -0.115. The summed E-state index contributed by atoms with van der Waals surface area (Å²) >= 11 is 0. The van der Waals surface area contributed by atoms with Gasteiger partial charge in [-0.25, -0.2) is 4.98 Å². The second-order valence-electron chi connectivity index (χ2n) is 5.57. The van der Waals surface area contributed by atoms with Gasteiger partial charge in [0.1, 0.15) is 5.65 Å². The van der Waals surface area contributed by atoms with Crippen LogP contribution in [0.4, 0.5) is 5.69 Å². The van der Waals surface area contributed by atoms with Crippen LogP contribution in [0.15, 0.2) is 42.6 Å². The van der Waals surface area contributed by atoms with Gasteiger partial charge in [-0.15, -0.1) is 0 Å². The van der Waals surface area contributed by atoms with Crippen LogP contribution < -0.4 is 5.32 Å². The van der Waals surface area contributed by atoms with E-state index in [0.717, 1.165) is 33.8 Å². The number of hydrogen-bond donors (Lipinski definition) is 1. The number of nitrogens with zero attached hydrogens (tertiary/aromatic N) is 2. The van der Waals surface area contributed by atoms with Crippen LogP contribution in [0.1, 0.15) is 22.5 Å². The monoisotopic (exact) mass is 293 g/mol. The molecule has 1 N–H and O–H groups in total. The number of fused-ring (bicyclic) bond motifs is 1. The number of carbonyl (C=O) groups is 1. The molecule has 0 aliphatic heterocycles. The largest absolute Gasteiger partial charge is 0.326 e. The van der Waals surface area contributed by atoms with Crippen molar-refractivity contribution in [1.29, 1.82) is 0 Å². The first-order valence-electron chi connectivity index (χ1n) is 7.35. The van der Waals surface area contributed by atoms with E-state index >= 15 is 0 Å². The van der Waals surface area contributed by atoms with Gasteiger partial charge in [0.15, 0.2) is 0 Å². The van der Waals surface area contributed by atoms with Crippen molar-refractivity contribution in [2.24, 2.45) is 0 Å². The zero-order valence-electron chi connectivity index (χ0n) is 13.1. The molecule has 4 nitrogen and oxygen atoms in total. The second kappa shape index (κ2) is 5.64. The van der Waals surface area contributed by atoms with Crippen LogP contribution in [0.5, 0.6) is 0 Å². The molecular formula is C18H19N3O. The van der Waals surface area contributed by atoms with Crippen molar-refractivity contribution in [2.45, 2.75) is 27.2 Å². The normalized spacial score (nSPS) is 10.9. The van der Waals surface area contributed by atoms with Gasteiger partial charge in [0.2, 0.25) is 5.91 Å². The average Bonchev–Trinajstić information content (AvgIpc) is 2.80. The Bertz CT molecular complexity index is 849. The molecule has 2 aromatic heterocycles. The van der Waals surface area contributed by atoms with E-state index in [-0.39, 0.29) is 5.91 Å². The molecule has 0 fully saturated rings. The molecule has 3 aromatic rings. The summed E-state index contributed by atoms with van der Waals surface area (Å²) in [6.45, 7) is 5.96. The average molecular weight is 293 g/mol. The number of nitrogens with one attached hydrogen (secondary N) is 1. The summed E-state index contributed by atoms with van der Waals surface area (Å²) in [7, 11) is 0. The molecule has 0 atom stereocenters. The first-order valence-corrected chi connectivity index (χ1v) is 7.35. The molecule has 2 heterocycles. The van der Waals surface area contributed by atoms with Crippen LogP contribution in [-0.4, -0.2) is 15.3 Å². The van der Waals surface area contributed by atoms with Crippen LogP contribution in [0.25, 0.3) is 5.65 Å². The fourth-order valence-corrected chi connectivity index (χ4v) is 2.64. The topological polar surface area (TPSA) is 46.4 Å². The maximum atomic E-state index is 12.4.